The van der Waals surface area contributed by atoms with Crippen LogP contribution in [0.15, 0.2) is 47.4 Å². The number of nitro groups is 1. The molecular weight excluding hydrogens is 422 g/mol. The second-order valence-electron chi connectivity index (χ2n) is 7.01. The normalized spacial score (nSPS) is 12.7. The molecule has 0 bridgehead atoms. The molecule has 9 nitrogen and oxygen atoms in total. The van der Waals surface area contributed by atoms with Gasteiger partial charge in [0.05, 0.1) is 21.9 Å². The number of hydrogen-bond donors (Lipinski definition) is 2. The van der Waals surface area contributed by atoms with Crippen molar-refractivity contribution in [2.75, 3.05) is 17.7 Å². The van der Waals surface area contributed by atoms with Gasteiger partial charge >= 0.3 is 5.97 Å². The summed E-state index contributed by atoms with van der Waals surface area (Å²) in [7, 11) is 0. The van der Waals surface area contributed by atoms with E-state index in [0.717, 1.165) is 12.8 Å². The van der Waals surface area contributed by atoms with Gasteiger partial charge in [0.2, 0.25) is 5.91 Å². The molecule has 3 rings (SSSR count). The van der Waals surface area contributed by atoms with Gasteiger partial charge in [-0.25, -0.2) is 4.79 Å². The number of amides is 2. The number of aryl methyl sites for hydroxylation is 1. The van der Waals surface area contributed by atoms with Crippen LogP contribution < -0.4 is 10.6 Å². The Hall–Kier alpha value is -3.40. The van der Waals surface area contributed by atoms with E-state index in [4.69, 9.17) is 4.74 Å². The fourth-order valence-electron chi connectivity index (χ4n) is 2.65. The Morgan fingerprint density at radius 3 is 2.61 bits per heavy atom. The number of ether oxygens (including phenoxy) is 1. The van der Waals surface area contributed by atoms with E-state index in [-0.39, 0.29) is 34.6 Å². The molecule has 0 aliphatic heterocycles. The van der Waals surface area contributed by atoms with Gasteiger partial charge in [0.1, 0.15) is 0 Å². The average Bonchev–Trinajstić information content (AvgIpc) is 3.56. The monoisotopic (exact) mass is 443 g/mol. The summed E-state index contributed by atoms with van der Waals surface area (Å²) in [6, 6.07) is 11.0. The van der Waals surface area contributed by atoms with Crippen molar-refractivity contribution < 1.29 is 24.0 Å². The Balaban J connectivity index is 1.55. The summed E-state index contributed by atoms with van der Waals surface area (Å²) in [4.78, 5) is 47.4. The number of nitrogens with one attached hydrogen (secondary N) is 2. The summed E-state index contributed by atoms with van der Waals surface area (Å²) in [5.74, 6) is -1.24. The van der Waals surface area contributed by atoms with E-state index in [0.29, 0.717) is 10.5 Å². The number of carbonyl (C=O) groups is 3. The quantitative estimate of drug-likeness (QED) is 0.264. The molecular formula is C21H21N3O6S. The van der Waals surface area contributed by atoms with Crippen molar-refractivity contribution in [1.29, 1.82) is 0 Å². The molecule has 0 atom stereocenters. The lowest BCUT2D eigenvalue weighted by Crippen LogP contribution is -2.27. The molecule has 0 radical (unpaired) electrons. The molecule has 0 spiro atoms. The summed E-state index contributed by atoms with van der Waals surface area (Å²) < 4.78 is 5.10. The fourth-order valence-corrected chi connectivity index (χ4v) is 3.51. The Kier molecular flexibility index (Phi) is 7.24. The van der Waals surface area contributed by atoms with Crippen molar-refractivity contribution in [3.05, 3.63) is 63.7 Å². The van der Waals surface area contributed by atoms with Crippen LogP contribution in [0, 0.1) is 17.0 Å². The second kappa shape index (κ2) is 10.1. The molecule has 2 amide bonds. The zero-order valence-electron chi connectivity index (χ0n) is 16.8. The van der Waals surface area contributed by atoms with Crippen molar-refractivity contribution in [3.8, 4) is 0 Å². The van der Waals surface area contributed by atoms with Gasteiger partial charge in [-0.3, -0.25) is 19.7 Å². The lowest BCUT2D eigenvalue weighted by molar-refractivity contribution is -0.384. The highest BCUT2D eigenvalue weighted by molar-refractivity contribution is 8.00. The SMILES string of the molecule is Cc1ccc([N+](=O)[O-])cc1NC(=O)COC(=O)c1ccccc1SCC(=O)NC1CC1. The van der Waals surface area contributed by atoms with Gasteiger partial charge in [-0.15, -0.1) is 11.8 Å². The number of non-ortho nitro benzene ring substituents is 1. The molecule has 0 heterocycles. The molecule has 1 fully saturated rings. The Morgan fingerprint density at radius 1 is 1.16 bits per heavy atom. The number of nitrogens with zero attached hydrogens (tertiary/aromatic N) is 1. The fraction of sp³-hybridized carbons (Fsp3) is 0.286. The Labute approximate surface area is 182 Å². The van der Waals surface area contributed by atoms with Crippen LogP contribution in [0.2, 0.25) is 0 Å². The Morgan fingerprint density at radius 2 is 1.90 bits per heavy atom. The lowest BCUT2D eigenvalue weighted by Gasteiger charge is -2.11. The third kappa shape index (κ3) is 6.54. The second-order valence-corrected chi connectivity index (χ2v) is 8.02. The molecule has 0 saturated heterocycles. The summed E-state index contributed by atoms with van der Waals surface area (Å²) in [6.07, 6.45) is 1.99. The number of carbonyl (C=O) groups excluding carboxylic acids is 3. The summed E-state index contributed by atoms with van der Waals surface area (Å²) in [6.45, 7) is 1.14. The minimum absolute atomic E-state index is 0.0950. The molecule has 162 valence electrons. The van der Waals surface area contributed by atoms with Gasteiger partial charge in [-0.05, 0) is 37.5 Å². The van der Waals surface area contributed by atoms with E-state index < -0.39 is 23.4 Å². The van der Waals surface area contributed by atoms with Gasteiger partial charge < -0.3 is 15.4 Å². The van der Waals surface area contributed by atoms with E-state index in [9.17, 15) is 24.5 Å². The Bertz CT molecular complexity index is 1020. The molecule has 2 N–H and O–H groups in total. The minimum atomic E-state index is -0.698. The number of thioether (sulfide) groups is 1. The summed E-state index contributed by atoms with van der Waals surface area (Å²) in [5.41, 5.74) is 1.00. The van der Waals surface area contributed by atoms with Crippen LogP contribution in [0.4, 0.5) is 11.4 Å². The molecule has 2 aromatic rings. The molecule has 1 aliphatic carbocycles. The number of anilines is 1. The van der Waals surface area contributed by atoms with Gasteiger partial charge in [0, 0.05) is 23.1 Å². The number of rotatable bonds is 9. The van der Waals surface area contributed by atoms with Gasteiger partial charge in [0.15, 0.2) is 6.61 Å². The third-order valence-electron chi connectivity index (χ3n) is 4.45. The van der Waals surface area contributed by atoms with E-state index in [2.05, 4.69) is 10.6 Å². The first-order valence-corrected chi connectivity index (χ1v) is 10.5. The average molecular weight is 443 g/mol. The van der Waals surface area contributed by atoms with E-state index in [1.807, 2.05) is 0 Å². The predicted molar refractivity (Wildman–Crippen MR) is 115 cm³/mol. The first-order chi connectivity index (χ1) is 14.8. The smallest absolute Gasteiger partial charge is 0.339 e. The number of esters is 1. The van der Waals surface area contributed by atoms with Crippen molar-refractivity contribution >= 4 is 40.9 Å². The highest BCUT2D eigenvalue weighted by Crippen LogP contribution is 2.25. The zero-order chi connectivity index (χ0) is 22.4. The van der Waals surface area contributed by atoms with Crippen LogP contribution in [0.25, 0.3) is 0 Å². The summed E-state index contributed by atoms with van der Waals surface area (Å²) >= 11 is 1.22. The molecule has 10 heteroatoms. The number of benzene rings is 2. The third-order valence-corrected chi connectivity index (χ3v) is 5.52. The van der Waals surface area contributed by atoms with Crippen molar-refractivity contribution in [2.45, 2.75) is 30.7 Å². The highest BCUT2D eigenvalue weighted by Gasteiger charge is 2.23. The standard InChI is InChI=1S/C21H21N3O6S/c1-13-6-9-15(24(28)29)10-17(13)23-19(25)11-30-21(27)16-4-2-3-5-18(16)31-12-20(26)22-14-7-8-14/h2-6,9-10,14H,7-8,11-12H2,1H3,(H,22,26)(H,23,25). The van der Waals surface area contributed by atoms with Crippen LogP contribution in [-0.2, 0) is 14.3 Å². The zero-order valence-corrected chi connectivity index (χ0v) is 17.6. The van der Waals surface area contributed by atoms with Gasteiger partial charge in [-0.1, -0.05) is 18.2 Å². The van der Waals surface area contributed by atoms with Crippen molar-refractivity contribution in [1.82, 2.24) is 5.32 Å². The molecule has 1 aliphatic rings. The maximum absolute atomic E-state index is 12.5. The van der Waals surface area contributed by atoms with Crippen LogP contribution in [-0.4, -0.2) is 41.1 Å². The van der Waals surface area contributed by atoms with Crippen LogP contribution in [0.3, 0.4) is 0 Å². The maximum atomic E-state index is 12.5. The molecule has 31 heavy (non-hydrogen) atoms. The number of nitro benzene ring substituents is 1. The van der Waals surface area contributed by atoms with Crippen LogP contribution in [0.5, 0.6) is 0 Å². The molecule has 2 aromatic carbocycles. The molecule has 0 aromatic heterocycles. The van der Waals surface area contributed by atoms with Crippen LogP contribution in [0.1, 0.15) is 28.8 Å². The van der Waals surface area contributed by atoms with Crippen molar-refractivity contribution in [2.24, 2.45) is 0 Å². The summed E-state index contributed by atoms with van der Waals surface area (Å²) in [5, 5.41) is 16.3. The van der Waals surface area contributed by atoms with E-state index in [1.54, 1.807) is 31.2 Å². The van der Waals surface area contributed by atoms with Gasteiger partial charge in [0.25, 0.3) is 11.6 Å². The molecule has 1 saturated carbocycles. The largest absolute Gasteiger partial charge is 0.452 e. The highest BCUT2D eigenvalue weighted by atomic mass is 32.2. The van der Waals surface area contributed by atoms with E-state index in [1.165, 1.54) is 30.0 Å². The van der Waals surface area contributed by atoms with Gasteiger partial charge in [-0.2, -0.15) is 0 Å². The van der Waals surface area contributed by atoms with Crippen molar-refractivity contribution in [3.63, 3.8) is 0 Å². The minimum Gasteiger partial charge on any atom is -0.452 e. The molecule has 0 unspecified atom stereocenters. The first-order valence-electron chi connectivity index (χ1n) is 9.56. The topological polar surface area (TPSA) is 128 Å². The maximum Gasteiger partial charge on any atom is 0.339 e. The first kappa shape index (κ1) is 22.3. The predicted octanol–water partition coefficient (Wildman–Crippen LogP) is 3.07. The van der Waals surface area contributed by atoms with E-state index >= 15 is 0 Å². The lowest BCUT2D eigenvalue weighted by atomic mass is 10.2. The number of hydrogen-bond acceptors (Lipinski definition) is 7. The van der Waals surface area contributed by atoms with Crippen LogP contribution >= 0.6 is 11.8 Å².